The average Bonchev–Trinajstić information content (AvgIpc) is 3.18. The van der Waals surface area contributed by atoms with Crippen molar-refractivity contribution < 1.29 is 19.1 Å². The average molecular weight is 697 g/mol. The summed E-state index contributed by atoms with van der Waals surface area (Å²) in [5.41, 5.74) is 0.700. The topological polar surface area (TPSA) is 52.6 Å². The molecule has 6 aliphatic carbocycles. The predicted molar refractivity (Wildman–Crippen MR) is 212 cm³/mol. The minimum absolute atomic E-state index is 0.352. The summed E-state index contributed by atoms with van der Waals surface area (Å²) < 4.78 is 13.5. The highest BCUT2D eigenvalue weighted by molar-refractivity contribution is 6.36. The van der Waals surface area contributed by atoms with E-state index in [9.17, 15) is 4.79 Å². The van der Waals surface area contributed by atoms with Gasteiger partial charge in [0.25, 0.3) is 0 Å². The van der Waals surface area contributed by atoms with Crippen LogP contribution in [0.1, 0.15) is 163 Å². The van der Waals surface area contributed by atoms with E-state index in [4.69, 9.17) is 9.47 Å². The fraction of sp³-hybridized carbons (Fsp3) is 0.542. The smallest absolute Gasteiger partial charge is 0.340 e. The summed E-state index contributed by atoms with van der Waals surface area (Å²) in [5, 5.41) is 8.38. The maximum atomic E-state index is 15.1. The number of benzene rings is 5. The van der Waals surface area contributed by atoms with E-state index in [0.29, 0.717) is 22.0 Å². The van der Waals surface area contributed by atoms with Gasteiger partial charge in [0.05, 0.1) is 11.1 Å². The molecule has 0 amide bonds. The van der Waals surface area contributed by atoms with Crippen molar-refractivity contribution in [3.8, 4) is 0 Å². The predicted octanol–water partition coefficient (Wildman–Crippen LogP) is 13.4. The van der Waals surface area contributed by atoms with Crippen LogP contribution in [-0.2, 0) is 9.47 Å². The largest absolute Gasteiger partial charge is 0.455 e. The van der Waals surface area contributed by atoms with Gasteiger partial charge in [-0.05, 0) is 144 Å². The molecule has 4 bridgehead atoms. The second kappa shape index (κ2) is 13.0. The summed E-state index contributed by atoms with van der Waals surface area (Å²) in [5.74, 6) is -0.711. The van der Waals surface area contributed by atoms with E-state index < -0.39 is 11.2 Å². The van der Waals surface area contributed by atoms with E-state index in [1.54, 1.807) is 0 Å². The van der Waals surface area contributed by atoms with Gasteiger partial charge in [0.15, 0.2) is 0 Å². The van der Waals surface area contributed by atoms with Gasteiger partial charge in [0.2, 0.25) is 0 Å². The lowest BCUT2D eigenvalue weighted by Crippen LogP contribution is -2.49. The molecule has 272 valence electrons. The second-order valence-electron chi connectivity index (χ2n) is 17.8. The van der Waals surface area contributed by atoms with Crippen molar-refractivity contribution in [2.45, 2.75) is 153 Å². The summed E-state index contributed by atoms with van der Waals surface area (Å²) in [6.07, 6.45) is 22.6. The van der Waals surface area contributed by atoms with Crippen LogP contribution in [0, 0.1) is 10.8 Å². The monoisotopic (exact) mass is 696 g/mol. The van der Waals surface area contributed by atoms with E-state index in [1.165, 1.54) is 56.8 Å². The Morgan fingerprint density at radius 3 is 1.50 bits per heavy atom. The van der Waals surface area contributed by atoms with Crippen LogP contribution in [0.5, 0.6) is 0 Å². The first kappa shape index (κ1) is 34.1. The minimum atomic E-state index is -0.461. The third-order valence-corrected chi connectivity index (χ3v) is 15.0. The van der Waals surface area contributed by atoms with Crippen molar-refractivity contribution >= 4 is 55.0 Å². The summed E-state index contributed by atoms with van der Waals surface area (Å²) in [4.78, 5) is 29.9. The fourth-order valence-corrected chi connectivity index (χ4v) is 11.6. The molecular formula is C48H56O4. The SMILES string of the molecule is CCCCCC12CCC(OC(=O)c3cc4cccc5c6cccc7cccc(c(c3C(=O)OC38CCC(CCCCC)(CC3)CC8)c45)c76)(CC1)CC2. The molecule has 4 heteroatoms. The van der Waals surface area contributed by atoms with Crippen LogP contribution < -0.4 is 0 Å². The quantitative estimate of drug-likeness (QED) is 0.0564. The number of carbonyl (C=O) groups excluding carboxylic acids is 2. The number of esters is 2. The molecule has 0 saturated heterocycles. The lowest BCUT2D eigenvalue weighted by atomic mass is 9.57. The van der Waals surface area contributed by atoms with Gasteiger partial charge in [-0.2, -0.15) is 0 Å². The van der Waals surface area contributed by atoms with Crippen molar-refractivity contribution in [1.29, 1.82) is 0 Å². The summed E-state index contributed by atoms with van der Waals surface area (Å²) in [6.45, 7) is 4.55. The van der Waals surface area contributed by atoms with Gasteiger partial charge < -0.3 is 9.47 Å². The van der Waals surface area contributed by atoms with E-state index in [0.717, 1.165) is 115 Å². The van der Waals surface area contributed by atoms with Crippen molar-refractivity contribution in [2.24, 2.45) is 10.8 Å². The molecule has 6 saturated carbocycles. The van der Waals surface area contributed by atoms with Crippen LogP contribution in [-0.4, -0.2) is 23.1 Å². The molecule has 0 unspecified atom stereocenters. The molecule has 5 aromatic rings. The first-order valence-corrected chi connectivity index (χ1v) is 20.9. The third kappa shape index (κ3) is 5.61. The Hall–Kier alpha value is -3.66. The third-order valence-electron chi connectivity index (χ3n) is 15.0. The van der Waals surface area contributed by atoms with Crippen molar-refractivity contribution in [2.75, 3.05) is 0 Å². The Balaban J connectivity index is 1.12. The van der Waals surface area contributed by atoms with Crippen LogP contribution >= 0.6 is 0 Å². The maximum Gasteiger partial charge on any atom is 0.340 e. The lowest BCUT2D eigenvalue weighted by Gasteiger charge is -2.53. The molecule has 0 atom stereocenters. The van der Waals surface area contributed by atoms with Gasteiger partial charge in [0.1, 0.15) is 11.2 Å². The van der Waals surface area contributed by atoms with Crippen LogP contribution in [0.4, 0.5) is 0 Å². The molecule has 4 nitrogen and oxygen atoms in total. The Morgan fingerprint density at radius 1 is 0.519 bits per heavy atom. The van der Waals surface area contributed by atoms with Gasteiger partial charge >= 0.3 is 11.9 Å². The molecule has 0 N–H and O–H groups in total. The van der Waals surface area contributed by atoms with Crippen LogP contribution in [0.2, 0.25) is 0 Å². The lowest BCUT2D eigenvalue weighted by molar-refractivity contribution is -0.108. The van der Waals surface area contributed by atoms with Crippen LogP contribution in [0.3, 0.4) is 0 Å². The molecule has 11 rings (SSSR count). The molecular weight excluding hydrogens is 641 g/mol. The molecule has 0 aromatic heterocycles. The van der Waals surface area contributed by atoms with Crippen LogP contribution in [0.25, 0.3) is 43.1 Å². The number of ether oxygens (including phenoxy) is 2. The Morgan fingerprint density at radius 2 is 0.981 bits per heavy atom. The highest BCUT2D eigenvalue weighted by atomic mass is 16.6. The van der Waals surface area contributed by atoms with E-state index >= 15 is 4.79 Å². The fourth-order valence-electron chi connectivity index (χ4n) is 11.6. The summed E-state index contributed by atoms with van der Waals surface area (Å²) in [6, 6.07) is 21.1. The van der Waals surface area contributed by atoms with Crippen LogP contribution in [0.15, 0.2) is 60.7 Å². The number of carbonyl (C=O) groups is 2. The van der Waals surface area contributed by atoms with Gasteiger partial charge in [-0.1, -0.05) is 107 Å². The van der Waals surface area contributed by atoms with E-state index in [1.807, 2.05) is 6.07 Å². The first-order chi connectivity index (χ1) is 25.3. The Kier molecular flexibility index (Phi) is 8.55. The summed E-state index contributed by atoms with van der Waals surface area (Å²) >= 11 is 0. The zero-order chi connectivity index (χ0) is 35.6. The molecule has 0 aliphatic heterocycles. The van der Waals surface area contributed by atoms with Gasteiger partial charge in [-0.15, -0.1) is 0 Å². The number of unbranched alkanes of at least 4 members (excludes halogenated alkanes) is 4. The standard InChI is InChI=1S/C48H56O4/c1-3-5-7-18-45-20-26-47(27-21-45,28-22-45)51-43(49)38-32-34-14-11-16-36-35-15-9-12-33-13-10-17-37(39(33)35)41(40(34)36)42(38)44(50)52-48-29-23-46(24-30-48,25-31-48)19-8-6-4-2/h9-17,32H,3-8,18-31H2,1-2H3. The number of rotatable bonds is 12. The van der Waals surface area contributed by atoms with Gasteiger partial charge in [-0.25, -0.2) is 9.59 Å². The second-order valence-corrected chi connectivity index (χ2v) is 17.8. The number of hydrogen-bond donors (Lipinski definition) is 0. The van der Waals surface area contributed by atoms with E-state index in [-0.39, 0.29) is 11.9 Å². The van der Waals surface area contributed by atoms with Crippen molar-refractivity contribution in [3.05, 3.63) is 71.8 Å². The van der Waals surface area contributed by atoms with E-state index in [2.05, 4.69) is 68.4 Å². The molecule has 0 radical (unpaired) electrons. The highest BCUT2D eigenvalue weighted by Gasteiger charge is 2.52. The van der Waals surface area contributed by atoms with Crippen molar-refractivity contribution in [1.82, 2.24) is 0 Å². The normalized spacial score (nSPS) is 28.3. The van der Waals surface area contributed by atoms with Gasteiger partial charge in [-0.3, -0.25) is 0 Å². The maximum absolute atomic E-state index is 15.1. The number of hydrogen-bond acceptors (Lipinski definition) is 4. The number of fused-ring (bicyclic) bond motifs is 8. The minimum Gasteiger partial charge on any atom is -0.455 e. The molecule has 0 heterocycles. The molecule has 6 aliphatic rings. The molecule has 6 fully saturated rings. The zero-order valence-corrected chi connectivity index (χ0v) is 31.5. The highest BCUT2D eigenvalue weighted by Crippen LogP contribution is 2.58. The first-order valence-electron chi connectivity index (χ1n) is 20.9. The molecule has 5 aromatic carbocycles. The Labute approximate surface area is 309 Å². The Bertz CT molecular complexity index is 2100. The summed E-state index contributed by atoms with van der Waals surface area (Å²) in [7, 11) is 0. The molecule has 0 spiro atoms. The molecule has 52 heavy (non-hydrogen) atoms. The zero-order valence-electron chi connectivity index (χ0n) is 31.5. The van der Waals surface area contributed by atoms with Gasteiger partial charge in [0, 0.05) is 5.39 Å². The van der Waals surface area contributed by atoms with Crippen molar-refractivity contribution in [3.63, 3.8) is 0 Å².